The van der Waals surface area contributed by atoms with Crippen LogP contribution in [-0.4, -0.2) is 22.5 Å². The van der Waals surface area contributed by atoms with Crippen molar-refractivity contribution in [3.63, 3.8) is 0 Å². The fraction of sp³-hybridized carbons (Fsp3) is 0.222. The molecular formula is C18H16N2O3. The van der Waals surface area contributed by atoms with Crippen LogP contribution in [0.1, 0.15) is 40.1 Å². The van der Waals surface area contributed by atoms with Gasteiger partial charge in [-0.2, -0.15) is 0 Å². The van der Waals surface area contributed by atoms with E-state index in [2.05, 4.69) is 5.32 Å². The van der Waals surface area contributed by atoms with Crippen molar-refractivity contribution in [2.24, 2.45) is 0 Å². The van der Waals surface area contributed by atoms with E-state index in [4.69, 9.17) is 0 Å². The van der Waals surface area contributed by atoms with Gasteiger partial charge >= 0.3 is 0 Å². The molecule has 5 nitrogen and oxygen atoms in total. The van der Waals surface area contributed by atoms with E-state index in [0.29, 0.717) is 22.4 Å². The van der Waals surface area contributed by atoms with Crippen molar-refractivity contribution in [2.75, 3.05) is 4.90 Å². The Labute approximate surface area is 133 Å². The summed E-state index contributed by atoms with van der Waals surface area (Å²) in [6.07, 6.45) is 0. The van der Waals surface area contributed by atoms with Gasteiger partial charge in [0.05, 0.1) is 16.8 Å². The highest BCUT2D eigenvalue weighted by atomic mass is 16.3. The molecule has 0 saturated carbocycles. The summed E-state index contributed by atoms with van der Waals surface area (Å²) < 4.78 is 0. The van der Waals surface area contributed by atoms with Gasteiger partial charge in [-0.25, -0.2) is 0 Å². The zero-order chi connectivity index (χ0) is 16.4. The Balaban J connectivity index is 2.10. The summed E-state index contributed by atoms with van der Waals surface area (Å²) in [4.78, 5) is 26.9. The molecule has 1 atom stereocenters. The molecule has 0 saturated heterocycles. The largest absolute Gasteiger partial charge is 0.365 e. The second-order valence-electron chi connectivity index (χ2n) is 6.45. The van der Waals surface area contributed by atoms with E-state index >= 15 is 0 Å². The molecule has 0 fully saturated rings. The number of aliphatic hydroxyl groups is 1. The summed E-state index contributed by atoms with van der Waals surface area (Å²) in [5.74, 6) is -0.612. The first kappa shape index (κ1) is 14.0. The van der Waals surface area contributed by atoms with E-state index in [1.54, 1.807) is 62.4 Å². The first-order valence-corrected chi connectivity index (χ1v) is 7.46. The lowest BCUT2D eigenvalue weighted by molar-refractivity contribution is -0.0309. The van der Waals surface area contributed by atoms with Gasteiger partial charge in [0.1, 0.15) is 0 Å². The van der Waals surface area contributed by atoms with Crippen LogP contribution in [0.2, 0.25) is 0 Å². The van der Waals surface area contributed by atoms with E-state index < -0.39 is 11.3 Å². The lowest BCUT2D eigenvalue weighted by atomic mass is 9.84. The summed E-state index contributed by atoms with van der Waals surface area (Å²) in [6.45, 7) is 3.44. The molecule has 2 aromatic carbocycles. The number of benzene rings is 2. The Morgan fingerprint density at radius 1 is 0.957 bits per heavy atom. The predicted octanol–water partition coefficient (Wildman–Crippen LogP) is 2.01. The standard InChI is InChI=1S/C18H16N2O3/c1-17(2)18(23)13-9-5-3-7-11(13)16(22)20(18)14-10-6-4-8-12(14)15(21)19-17/h3-10,23H,1-2H3,(H,19,21). The van der Waals surface area contributed by atoms with Gasteiger partial charge in [-0.05, 0) is 32.0 Å². The van der Waals surface area contributed by atoms with E-state index in [-0.39, 0.29) is 11.8 Å². The smallest absolute Gasteiger partial charge is 0.261 e. The molecule has 2 heterocycles. The Morgan fingerprint density at radius 3 is 2.30 bits per heavy atom. The Kier molecular flexibility index (Phi) is 2.55. The molecule has 4 rings (SSSR count). The molecule has 0 aliphatic carbocycles. The maximum atomic E-state index is 13.0. The lowest BCUT2D eigenvalue weighted by Gasteiger charge is -2.44. The lowest BCUT2D eigenvalue weighted by Crippen LogP contribution is -2.63. The number of amides is 2. The number of hydrogen-bond acceptors (Lipinski definition) is 3. The molecule has 5 heteroatoms. The number of fused-ring (bicyclic) bond motifs is 5. The molecule has 2 aliphatic heterocycles. The Morgan fingerprint density at radius 2 is 1.57 bits per heavy atom. The topological polar surface area (TPSA) is 69.6 Å². The highest BCUT2D eigenvalue weighted by Crippen LogP contribution is 2.49. The third kappa shape index (κ3) is 1.55. The molecule has 0 aromatic heterocycles. The van der Waals surface area contributed by atoms with Crippen molar-refractivity contribution in [1.29, 1.82) is 0 Å². The van der Waals surface area contributed by atoms with Gasteiger partial charge in [-0.1, -0.05) is 30.3 Å². The first-order chi connectivity index (χ1) is 10.9. The number of para-hydroxylation sites is 1. The van der Waals surface area contributed by atoms with Crippen LogP contribution in [0.5, 0.6) is 0 Å². The van der Waals surface area contributed by atoms with Crippen LogP contribution in [0, 0.1) is 0 Å². The Hall–Kier alpha value is -2.66. The van der Waals surface area contributed by atoms with Crippen LogP contribution in [0.25, 0.3) is 0 Å². The number of nitrogens with zero attached hydrogens (tertiary/aromatic N) is 1. The second kappa shape index (κ2) is 4.20. The van der Waals surface area contributed by atoms with Crippen LogP contribution in [0.15, 0.2) is 48.5 Å². The minimum absolute atomic E-state index is 0.305. The number of carbonyl (C=O) groups excluding carboxylic acids is 2. The van der Waals surface area contributed by atoms with Crippen molar-refractivity contribution in [3.05, 3.63) is 65.2 Å². The monoisotopic (exact) mass is 308 g/mol. The van der Waals surface area contributed by atoms with Crippen molar-refractivity contribution >= 4 is 17.5 Å². The quantitative estimate of drug-likeness (QED) is 0.782. The summed E-state index contributed by atoms with van der Waals surface area (Å²) in [6, 6.07) is 13.8. The van der Waals surface area contributed by atoms with Crippen LogP contribution >= 0.6 is 0 Å². The Bertz CT molecular complexity index is 859. The van der Waals surface area contributed by atoms with Crippen LogP contribution in [-0.2, 0) is 5.72 Å². The third-order valence-electron chi connectivity index (χ3n) is 4.75. The van der Waals surface area contributed by atoms with Crippen molar-refractivity contribution in [2.45, 2.75) is 25.1 Å². The molecule has 0 radical (unpaired) electrons. The number of rotatable bonds is 0. The van der Waals surface area contributed by atoms with Gasteiger partial charge in [0.2, 0.25) is 0 Å². The molecular weight excluding hydrogens is 292 g/mol. The number of hydrogen-bond donors (Lipinski definition) is 2. The summed E-state index contributed by atoms with van der Waals surface area (Å²) >= 11 is 0. The van der Waals surface area contributed by atoms with Crippen molar-refractivity contribution < 1.29 is 14.7 Å². The van der Waals surface area contributed by atoms with Gasteiger partial charge < -0.3 is 10.4 Å². The van der Waals surface area contributed by atoms with Crippen molar-refractivity contribution in [1.82, 2.24) is 5.32 Å². The highest BCUT2D eigenvalue weighted by Gasteiger charge is 2.60. The van der Waals surface area contributed by atoms with Crippen LogP contribution < -0.4 is 10.2 Å². The first-order valence-electron chi connectivity index (χ1n) is 7.46. The zero-order valence-corrected chi connectivity index (χ0v) is 12.8. The summed E-state index contributed by atoms with van der Waals surface area (Å²) in [5.41, 5.74) is -0.966. The molecule has 116 valence electrons. The van der Waals surface area contributed by atoms with Crippen LogP contribution in [0.4, 0.5) is 5.69 Å². The minimum Gasteiger partial charge on any atom is -0.365 e. The molecule has 0 bridgehead atoms. The average Bonchev–Trinajstić information content (AvgIpc) is 2.73. The van der Waals surface area contributed by atoms with E-state index in [0.717, 1.165) is 0 Å². The normalized spacial score (nSPS) is 24.4. The summed E-state index contributed by atoms with van der Waals surface area (Å²) in [7, 11) is 0. The van der Waals surface area contributed by atoms with Gasteiger partial charge in [-0.15, -0.1) is 0 Å². The zero-order valence-electron chi connectivity index (χ0n) is 12.8. The molecule has 2 aliphatic rings. The van der Waals surface area contributed by atoms with Gasteiger partial charge in [0, 0.05) is 11.1 Å². The maximum Gasteiger partial charge on any atom is 0.261 e. The molecule has 1 unspecified atom stereocenters. The number of anilines is 1. The molecule has 0 spiro atoms. The minimum atomic E-state index is -1.65. The molecule has 2 aromatic rings. The maximum absolute atomic E-state index is 13.0. The predicted molar refractivity (Wildman–Crippen MR) is 85.1 cm³/mol. The van der Waals surface area contributed by atoms with Gasteiger partial charge in [0.25, 0.3) is 11.8 Å². The fourth-order valence-corrected chi connectivity index (χ4v) is 3.56. The summed E-state index contributed by atoms with van der Waals surface area (Å²) in [5, 5.41) is 14.5. The highest BCUT2D eigenvalue weighted by molar-refractivity contribution is 6.16. The van der Waals surface area contributed by atoms with Gasteiger partial charge in [-0.3, -0.25) is 14.5 Å². The van der Waals surface area contributed by atoms with E-state index in [1.807, 2.05) is 0 Å². The van der Waals surface area contributed by atoms with E-state index in [9.17, 15) is 14.7 Å². The van der Waals surface area contributed by atoms with Crippen molar-refractivity contribution in [3.8, 4) is 0 Å². The van der Waals surface area contributed by atoms with Gasteiger partial charge in [0.15, 0.2) is 5.72 Å². The average molecular weight is 308 g/mol. The molecule has 23 heavy (non-hydrogen) atoms. The number of nitrogens with one attached hydrogen (secondary N) is 1. The van der Waals surface area contributed by atoms with Crippen LogP contribution in [0.3, 0.4) is 0 Å². The second-order valence-corrected chi connectivity index (χ2v) is 6.45. The third-order valence-corrected chi connectivity index (χ3v) is 4.75. The molecule has 2 amide bonds. The fourth-order valence-electron chi connectivity index (χ4n) is 3.56. The van der Waals surface area contributed by atoms with E-state index in [1.165, 1.54) is 4.90 Å². The molecule has 2 N–H and O–H groups in total. The SMILES string of the molecule is CC1(C)NC(=O)c2ccccc2N2C(=O)c3ccccc3C21O. The number of carbonyl (C=O) groups is 2.